The Labute approximate surface area is 175 Å². The van der Waals surface area contributed by atoms with Crippen LogP contribution in [0, 0.1) is 12.7 Å². The van der Waals surface area contributed by atoms with Crippen LogP contribution in [-0.2, 0) is 26.0 Å². The molecule has 0 radical (unpaired) electrons. The van der Waals surface area contributed by atoms with Crippen LogP contribution in [0.1, 0.15) is 30.9 Å². The quantitative estimate of drug-likeness (QED) is 0.702. The van der Waals surface area contributed by atoms with Gasteiger partial charge in [-0.15, -0.1) is 0 Å². The van der Waals surface area contributed by atoms with Gasteiger partial charge in [0.1, 0.15) is 5.82 Å². The Morgan fingerprint density at radius 3 is 2.63 bits per heavy atom. The Balaban J connectivity index is 1.58. The van der Waals surface area contributed by atoms with Crippen molar-refractivity contribution in [3.05, 3.63) is 53.3 Å². The lowest BCUT2D eigenvalue weighted by Gasteiger charge is -2.16. The van der Waals surface area contributed by atoms with Gasteiger partial charge in [0.15, 0.2) is 0 Å². The Kier molecular flexibility index (Phi) is 6.52. The highest BCUT2D eigenvalue weighted by molar-refractivity contribution is 7.89. The summed E-state index contributed by atoms with van der Waals surface area (Å²) < 4.78 is 41.1. The summed E-state index contributed by atoms with van der Waals surface area (Å²) in [6.07, 6.45) is 0.886. The third-order valence-corrected chi connectivity index (χ3v) is 6.42. The molecule has 0 atom stereocenters. The number of benzene rings is 2. The summed E-state index contributed by atoms with van der Waals surface area (Å²) in [7, 11) is -3.80. The molecule has 160 valence electrons. The molecule has 0 aromatic heterocycles. The summed E-state index contributed by atoms with van der Waals surface area (Å²) in [4.78, 5) is 25.7. The van der Waals surface area contributed by atoms with Crippen LogP contribution in [-0.4, -0.2) is 33.3 Å². The van der Waals surface area contributed by atoms with E-state index < -0.39 is 21.7 Å². The molecular weight excluding hydrogens is 409 g/mol. The molecule has 0 saturated carbocycles. The number of carbonyl (C=O) groups is 2. The molecule has 7 nitrogen and oxygen atoms in total. The van der Waals surface area contributed by atoms with E-state index in [1.165, 1.54) is 12.1 Å². The largest absolute Gasteiger partial charge is 0.326 e. The van der Waals surface area contributed by atoms with Gasteiger partial charge in [-0.3, -0.25) is 9.59 Å². The van der Waals surface area contributed by atoms with E-state index in [2.05, 4.69) is 10.0 Å². The number of amides is 2. The van der Waals surface area contributed by atoms with Gasteiger partial charge < -0.3 is 10.2 Å². The van der Waals surface area contributed by atoms with Crippen molar-refractivity contribution in [2.24, 2.45) is 0 Å². The maximum atomic E-state index is 13.5. The molecule has 0 fully saturated rings. The summed E-state index contributed by atoms with van der Waals surface area (Å²) >= 11 is 0. The minimum atomic E-state index is -3.80. The third kappa shape index (κ3) is 4.85. The number of carbonyl (C=O) groups excluding carboxylic acids is 2. The number of halogens is 1. The Bertz CT molecular complexity index is 1090. The lowest BCUT2D eigenvalue weighted by molar-refractivity contribution is -0.118. The van der Waals surface area contributed by atoms with Gasteiger partial charge in [0.2, 0.25) is 21.8 Å². The first kappa shape index (κ1) is 21.9. The van der Waals surface area contributed by atoms with Crippen LogP contribution in [0.2, 0.25) is 0 Å². The first-order chi connectivity index (χ1) is 14.2. The average molecular weight is 434 g/mol. The first-order valence-electron chi connectivity index (χ1n) is 9.70. The molecule has 2 aromatic carbocycles. The highest BCUT2D eigenvalue weighted by Gasteiger charge is 2.25. The van der Waals surface area contributed by atoms with Crippen LogP contribution in [0.4, 0.5) is 15.8 Å². The van der Waals surface area contributed by atoms with Crippen molar-refractivity contribution in [1.82, 2.24) is 4.72 Å². The molecule has 30 heavy (non-hydrogen) atoms. The van der Waals surface area contributed by atoms with Crippen LogP contribution in [0.3, 0.4) is 0 Å². The summed E-state index contributed by atoms with van der Waals surface area (Å²) in [5, 5.41) is 2.54. The van der Waals surface area contributed by atoms with Crippen molar-refractivity contribution in [2.75, 3.05) is 23.3 Å². The van der Waals surface area contributed by atoms with Crippen LogP contribution >= 0.6 is 0 Å². The molecule has 0 spiro atoms. The van der Waals surface area contributed by atoms with Crippen LogP contribution < -0.4 is 14.9 Å². The monoisotopic (exact) mass is 433 g/mol. The van der Waals surface area contributed by atoms with Crippen LogP contribution in [0.15, 0.2) is 41.3 Å². The second kappa shape index (κ2) is 8.93. The fraction of sp³-hybridized carbons (Fsp3) is 0.333. The minimum Gasteiger partial charge on any atom is -0.326 e. The zero-order chi connectivity index (χ0) is 21.9. The SMILES string of the molecule is CCC(=O)N1CCc2cc(S(=O)(=O)NCCC(=O)Nc3ccc(C)c(F)c3)ccc21. The highest BCUT2D eigenvalue weighted by atomic mass is 32.2. The van der Waals surface area contributed by atoms with Crippen molar-refractivity contribution in [2.45, 2.75) is 38.0 Å². The second-order valence-electron chi connectivity index (χ2n) is 7.10. The normalized spacial score (nSPS) is 13.2. The molecule has 1 heterocycles. The van der Waals surface area contributed by atoms with Gasteiger partial charge in [-0.2, -0.15) is 0 Å². The summed E-state index contributed by atoms with van der Waals surface area (Å²) in [6.45, 7) is 3.85. The van der Waals surface area contributed by atoms with Crippen molar-refractivity contribution < 1.29 is 22.4 Å². The van der Waals surface area contributed by atoms with Gasteiger partial charge in [-0.25, -0.2) is 17.5 Å². The van der Waals surface area contributed by atoms with E-state index in [0.29, 0.717) is 30.6 Å². The number of rotatable bonds is 7. The van der Waals surface area contributed by atoms with Crippen LogP contribution in [0.25, 0.3) is 0 Å². The molecule has 0 bridgehead atoms. The molecule has 0 unspecified atom stereocenters. The summed E-state index contributed by atoms with van der Waals surface area (Å²) in [6, 6.07) is 9.01. The fourth-order valence-corrected chi connectivity index (χ4v) is 4.35. The molecular formula is C21H24FN3O4S. The number of sulfonamides is 1. The fourth-order valence-electron chi connectivity index (χ4n) is 3.27. The Morgan fingerprint density at radius 1 is 1.17 bits per heavy atom. The van der Waals surface area contributed by atoms with Gasteiger partial charge >= 0.3 is 0 Å². The van der Waals surface area contributed by atoms with Crippen molar-refractivity contribution >= 4 is 33.2 Å². The molecule has 1 aliphatic heterocycles. The molecule has 2 aromatic rings. The molecule has 3 rings (SSSR count). The van der Waals surface area contributed by atoms with E-state index >= 15 is 0 Å². The van der Waals surface area contributed by atoms with Gasteiger partial charge in [-0.05, 0) is 54.8 Å². The number of hydrogen-bond acceptors (Lipinski definition) is 4. The number of anilines is 2. The van der Waals surface area contributed by atoms with Gasteiger partial charge in [0, 0.05) is 37.3 Å². The molecule has 2 amide bonds. The second-order valence-corrected chi connectivity index (χ2v) is 8.87. The maximum absolute atomic E-state index is 13.5. The third-order valence-electron chi connectivity index (χ3n) is 4.96. The zero-order valence-corrected chi connectivity index (χ0v) is 17.7. The highest BCUT2D eigenvalue weighted by Crippen LogP contribution is 2.30. The van der Waals surface area contributed by atoms with E-state index in [4.69, 9.17) is 0 Å². The Morgan fingerprint density at radius 2 is 1.93 bits per heavy atom. The first-order valence-corrected chi connectivity index (χ1v) is 11.2. The zero-order valence-electron chi connectivity index (χ0n) is 16.9. The Hall–Kier alpha value is -2.78. The lowest BCUT2D eigenvalue weighted by atomic mass is 10.2. The predicted octanol–water partition coefficient (Wildman–Crippen LogP) is 2.74. The number of nitrogens with zero attached hydrogens (tertiary/aromatic N) is 1. The average Bonchev–Trinajstić information content (AvgIpc) is 3.13. The number of hydrogen-bond donors (Lipinski definition) is 2. The van der Waals surface area contributed by atoms with Gasteiger partial charge in [0.05, 0.1) is 4.90 Å². The van der Waals surface area contributed by atoms with E-state index in [1.807, 2.05) is 0 Å². The number of aryl methyl sites for hydroxylation is 1. The molecule has 0 saturated heterocycles. The summed E-state index contributed by atoms with van der Waals surface area (Å²) in [5.41, 5.74) is 2.33. The van der Waals surface area contributed by atoms with Gasteiger partial charge in [-0.1, -0.05) is 13.0 Å². The van der Waals surface area contributed by atoms with Crippen molar-refractivity contribution in [1.29, 1.82) is 0 Å². The lowest BCUT2D eigenvalue weighted by Crippen LogP contribution is -2.28. The molecule has 0 aliphatic carbocycles. The topological polar surface area (TPSA) is 95.6 Å². The minimum absolute atomic E-state index is 0.00181. The molecule has 1 aliphatic rings. The maximum Gasteiger partial charge on any atom is 0.240 e. The summed E-state index contributed by atoms with van der Waals surface area (Å²) in [5.74, 6) is -0.852. The predicted molar refractivity (Wildman–Crippen MR) is 112 cm³/mol. The van der Waals surface area contributed by atoms with E-state index in [9.17, 15) is 22.4 Å². The number of fused-ring (bicyclic) bond motifs is 1. The smallest absolute Gasteiger partial charge is 0.240 e. The number of nitrogens with one attached hydrogen (secondary N) is 2. The van der Waals surface area contributed by atoms with Gasteiger partial charge in [0.25, 0.3) is 0 Å². The van der Waals surface area contributed by atoms with Crippen molar-refractivity contribution in [3.8, 4) is 0 Å². The molecule has 2 N–H and O–H groups in total. The standard InChI is InChI=1S/C21H24FN3O4S/c1-3-21(27)25-11-9-15-12-17(6-7-19(15)25)30(28,29)23-10-8-20(26)24-16-5-4-14(2)18(22)13-16/h4-7,12-13,23H,3,8-11H2,1-2H3,(H,24,26). The van der Waals surface area contributed by atoms with Crippen LogP contribution in [0.5, 0.6) is 0 Å². The van der Waals surface area contributed by atoms with E-state index in [0.717, 1.165) is 11.3 Å². The molecule has 9 heteroatoms. The van der Waals surface area contributed by atoms with Crippen molar-refractivity contribution in [3.63, 3.8) is 0 Å². The van der Waals surface area contributed by atoms with E-state index in [1.54, 1.807) is 43.0 Å². The van der Waals surface area contributed by atoms with E-state index in [-0.39, 0.29) is 23.8 Å².